The van der Waals surface area contributed by atoms with Gasteiger partial charge in [-0.25, -0.2) is 0 Å². The summed E-state index contributed by atoms with van der Waals surface area (Å²) in [5.41, 5.74) is -0.964. The zero-order chi connectivity index (χ0) is 10.2. The molecule has 1 fully saturated rings. The van der Waals surface area contributed by atoms with Crippen LogP contribution >= 0.6 is 0 Å². The molecule has 0 aromatic rings. The normalized spacial score (nSPS) is 40.3. The Morgan fingerprint density at radius 3 is 3.07 bits per heavy atom. The molecule has 4 atom stereocenters. The summed E-state index contributed by atoms with van der Waals surface area (Å²) in [6.45, 7) is 5.97. The molecule has 0 amide bonds. The predicted octanol–water partition coefficient (Wildman–Crippen LogP) is 1.04. The monoisotopic (exact) mass is 196 g/mol. The van der Waals surface area contributed by atoms with E-state index in [9.17, 15) is 5.11 Å². The van der Waals surface area contributed by atoms with Crippen molar-refractivity contribution >= 4 is 0 Å². The second-order valence-corrected chi connectivity index (χ2v) is 4.05. The summed E-state index contributed by atoms with van der Waals surface area (Å²) >= 11 is 0. The van der Waals surface area contributed by atoms with Crippen LogP contribution in [0.2, 0.25) is 0 Å². The quantitative estimate of drug-likeness (QED) is 0.670. The van der Waals surface area contributed by atoms with Crippen LogP contribution in [0.5, 0.6) is 0 Å². The molecule has 0 radical (unpaired) electrons. The molecule has 0 unspecified atom stereocenters. The summed E-state index contributed by atoms with van der Waals surface area (Å²) < 4.78 is 11.2. The molecule has 1 N–H and O–H groups in total. The van der Waals surface area contributed by atoms with Crippen LogP contribution in [0.1, 0.15) is 13.3 Å². The van der Waals surface area contributed by atoms with Crippen molar-refractivity contribution < 1.29 is 14.6 Å². The molecule has 3 heteroatoms. The van der Waals surface area contributed by atoms with E-state index in [1.54, 1.807) is 6.92 Å². The number of hydrogen-bond acceptors (Lipinski definition) is 3. The van der Waals surface area contributed by atoms with Gasteiger partial charge in [0.25, 0.3) is 0 Å². The highest BCUT2D eigenvalue weighted by Gasteiger charge is 2.43. The van der Waals surface area contributed by atoms with Crippen molar-refractivity contribution in [3.63, 3.8) is 0 Å². The molecule has 14 heavy (non-hydrogen) atoms. The molecule has 1 saturated heterocycles. The van der Waals surface area contributed by atoms with Crippen molar-refractivity contribution in [1.29, 1.82) is 0 Å². The maximum Gasteiger partial charge on any atom is 0.106 e. The Morgan fingerprint density at radius 1 is 1.64 bits per heavy atom. The van der Waals surface area contributed by atoms with E-state index in [1.165, 1.54) is 6.08 Å². The second-order valence-electron chi connectivity index (χ2n) is 4.05. The first-order chi connectivity index (χ1) is 6.63. The summed E-state index contributed by atoms with van der Waals surface area (Å²) in [6, 6.07) is 0. The molecule has 3 nitrogen and oxygen atoms in total. The zero-order valence-electron chi connectivity index (χ0n) is 8.35. The third kappa shape index (κ3) is 1.63. The Balaban J connectivity index is 2.07. The van der Waals surface area contributed by atoms with Crippen LogP contribution in [0.3, 0.4) is 0 Å². The van der Waals surface area contributed by atoms with E-state index < -0.39 is 5.60 Å². The van der Waals surface area contributed by atoms with E-state index in [1.807, 2.05) is 12.2 Å². The highest BCUT2D eigenvalue weighted by Crippen LogP contribution is 2.32. The van der Waals surface area contributed by atoms with Crippen molar-refractivity contribution in [2.75, 3.05) is 6.61 Å². The van der Waals surface area contributed by atoms with E-state index in [0.717, 1.165) is 6.42 Å². The fraction of sp³-hybridized carbons (Fsp3) is 0.636. The van der Waals surface area contributed by atoms with Crippen LogP contribution in [0.15, 0.2) is 24.8 Å². The van der Waals surface area contributed by atoms with Gasteiger partial charge < -0.3 is 14.6 Å². The topological polar surface area (TPSA) is 38.7 Å². The highest BCUT2D eigenvalue weighted by molar-refractivity contribution is 5.08. The minimum absolute atomic E-state index is 0.000162. The third-order valence-corrected chi connectivity index (χ3v) is 2.93. The first kappa shape index (κ1) is 9.90. The van der Waals surface area contributed by atoms with E-state index in [2.05, 4.69) is 6.58 Å². The van der Waals surface area contributed by atoms with E-state index in [4.69, 9.17) is 9.47 Å². The standard InChI is InChI=1S/C11H16O3/c1-3-11(2,12)10-7-9-8(14-10)5-4-6-13-9/h3-5,8-10,12H,1,6-7H2,2H3/t8-,9-,10-,11-/m1/s1. The Labute approximate surface area is 84.0 Å². The molecule has 78 valence electrons. The number of aliphatic hydroxyl groups is 1. The van der Waals surface area contributed by atoms with E-state index >= 15 is 0 Å². The molecular formula is C11H16O3. The molecular weight excluding hydrogens is 180 g/mol. The Kier molecular flexibility index (Phi) is 2.47. The number of rotatable bonds is 2. The van der Waals surface area contributed by atoms with Gasteiger partial charge in [0.1, 0.15) is 11.7 Å². The molecule has 0 aromatic heterocycles. The average molecular weight is 196 g/mol. The fourth-order valence-corrected chi connectivity index (χ4v) is 1.89. The van der Waals surface area contributed by atoms with Crippen molar-refractivity contribution in [3.05, 3.63) is 24.8 Å². The Bertz CT molecular complexity index is 257. The molecule has 0 aliphatic carbocycles. The van der Waals surface area contributed by atoms with Gasteiger partial charge in [-0.3, -0.25) is 0 Å². The van der Waals surface area contributed by atoms with Gasteiger partial charge in [-0.1, -0.05) is 18.2 Å². The smallest absolute Gasteiger partial charge is 0.106 e. The number of hydrogen-bond donors (Lipinski definition) is 1. The van der Waals surface area contributed by atoms with Crippen molar-refractivity contribution in [3.8, 4) is 0 Å². The van der Waals surface area contributed by atoms with Gasteiger partial charge in [0.2, 0.25) is 0 Å². The lowest BCUT2D eigenvalue weighted by molar-refractivity contribution is -0.0632. The largest absolute Gasteiger partial charge is 0.383 e. The highest BCUT2D eigenvalue weighted by atomic mass is 16.6. The minimum Gasteiger partial charge on any atom is -0.383 e. The van der Waals surface area contributed by atoms with Gasteiger partial charge in [-0.15, -0.1) is 6.58 Å². The van der Waals surface area contributed by atoms with Crippen molar-refractivity contribution in [2.24, 2.45) is 0 Å². The lowest BCUT2D eigenvalue weighted by Gasteiger charge is -2.25. The first-order valence-corrected chi connectivity index (χ1v) is 4.93. The van der Waals surface area contributed by atoms with Crippen LogP contribution in [0.4, 0.5) is 0 Å². The third-order valence-electron chi connectivity index (χ3n) is 2.93. The molecule has 0 bridgehead atoms. The summed E-state index contributed by atoms with van der Waals surface area (Å²) in [4.78, 5) is 0. The van der Waals surface area contributed by atoms with Crippen LogP contribution in [0, 0.1) is 0 Å². The van der Waals surface area contributed by atoms with Crippen molar-refractivity contribution in [2.45, 2.75) is 37.3 Å². The lowest BCUT2D eigenvalue weighted by atomic mass is 9.95. The Morgan fingerprint density at radius 2 is 2.43 bits per heavy atom. The maximum atomic E-state index is 9.95. The average Bonchev–Trinajstić information content (AvgIpc) is 2.61. The second kappa shape index (κ2) is 3.50. The van der Waals surface area contributed by atoms with Crippen LogP contribution in [-0.4, -0.2) is 35.6 Å². The fourth-order valence-electron chi connectivity index (χ4n) is 1.89. The molecule has 0 saturated carbocycles. The van der Waals surface area contributed by atoms with Gasteiger partial charge in [0.15, 0.2) is 0 Å². The number of ether oxygens (including phenoxy) is 2. The van der Waals surface area contributed by atoms with Crippen molar-refractivity contribution in [1.82, 2.24) is 0 Å². The minimum atomic E-state index is -0.964. The van der Waals surface area contributed by atoms with Crippen LogP contribution in [0.25, 0.3) is 0 Å². The number of fused-ring (bicyclic) bond motifs is 1. The van der Waals surface area contributed by atoms with Gasteiger partial charge >= 0.3 is 0 Å². The van der Waals surface area contributed by atoms with E-state index in [0.29, 0.717) is 6.61 Å². The Hall–Kier alpha value is -0.640. The van der Waals surface area contributed by atoms with E-state index in [-0.39, 0.29) is 18.3 Å². The lowest BCUT2D eigenvalue weighted by Crippen LogP contribution is -2.37. The maximum absolute atomic E-state index is 9.95. The SMILES string of the molecule is C=C[C@@](C)(O)[C@H]1C[C@H]2OCC=C[C@H]2O1. The zero-order valence-corrected chi connectivity index (χ0v) is 8.35. The van der Waals surface area contributed by atoms with Gasteiger partial charge in [-0.05, 0) is 6.92 Å². The van der Waals surface area contributed by atoms with Crippen LogP contribution < -0.4 is 0 Å². The van der Waals surface area contributed by atoms with Gasteiger partial charge in [-0.2, -0.15) is 0 Å². The summed E-state index contributed by atoms with van der Waals surface area (Å²) in [6.07, 6.45) is 6.10. The summed E-state index contributed by atoms with van der Waals surface area (Å²) in [7, 11) is 0. The van der Waals surface area contributed by atoms with Crippen LogP contribution in [-0.2, 0) is 9.47 Å². The molecule has 2 aliphatic rings. The molecule has 2 aliphatic heterocycles. The first-order valence-electron chi connectivity index (χ1n) is 4.93. The molecule has 2 rings (SSSR count). The van der Waals surface area contributed by atoms with Gasteiger partial charge in [0, 0.05) is 6.42 Å². The summed E-state index contributed by atoms with van der Waals surface area (Å²) in [5, 5.41) is 9.95. The molecule has 2 heterocycles. The molecule has 0 aromatic carbocycles. The molecule has 0 spiro atoms. The summed E-state index contributed by atoms with van der Waals surface area (Å²) in [5.74, 6) is 0. The van der Waals surface area contributed by atoms with Gasteiger partial charge in [0.05, 0.1) is 18.8 Å². The predicted molar refractivity (Wildman–Crippen MR) is 53.0 cm³/mol.